The summed E-state index contributed by atoms with van der Waals surface area (Å²) in [5.41, 5.74) is 10.7. The summed E-state index contributed by atoms with van der Waals surface area (Å²) in [4.78, 5) is 0. The Bertz CT molecular complexity index is 129. The van der Waals surface area contributed by atoms with Crippen LogP contribution in [0.1, 0.15) is 39.5 Å². The van der Waals surface area contributed by atoms with Gasteiger partial charge in [-0.25, -0.2) is 0 Å². The minimum absolute atomic E-state index is 0. The van der Waals surface area contributed by atoms with Gasteiger partial charge in [0, 0.05) is 39.6 Å². The molecule has 10 N–H and O–H groups in total. The van der Waals surface area contributed by atoms with Gasteiger partial charge in [0.1, 0.15) is 0 Å². The molecule has 7 nitrogen and oxygen atoms in total. The minimum Gasteiger partial charge on any atom is -0.382 e. The van der Waals surface area contributed by atoms with Gasteiger partial charge < -0.3 is 38.0 Å². The molecule has 0 radical (unpaired) electrons. The molecule has 0 aromatic rings. The largest absolute Gasteiger partial charge is 0.382 e. The van der Waals surface area contributed by atoms with E-state index >= 15 is 0 Å². The van der Waals surface area contributed by atoms with Crippen molar-refractivity contribution in [3.8, 4) is 0 Å². The molecule has 0 aromatic carbocycles. The van der Waals surface area contributed by atoms with Crippen LogP contribution in [0.4, 0.5) is 0 Å². The van der Waals surface area contributed by atoms with Crippen molar-refractivity contribution < 1.29 is 14.2 Å². The van der Waals surface area contributed by atoms with Gasteiger partial charge >= 0.3 is 0 Å². The summed E-state index contributed by atoms with van der Waals surface area (Å²) in [6, 6.07) is 0. The fourth-order valence-corrected chi connectivity index (χ4v) is 1.19. The second-order valence-electron chi connectivity index (χ2n) is 4.00. The fraction of sp³-hybridized carbons (Fsp3) is 1.00. The highest BCUT2D eigenvalue weighted by Gasteiger charge is 1.90. The van der Waals surface area contributed by atoms with E-state index in [1.165, 1.54) is 0 Å². The van der Waals surface area contributed by atoms with E-state index in [-0.39, 0.29) is 12.3 Å². The van der Waals surface area contributed by atoms with Crippen molar-refractivity contribution in [1.82, 2.24) is 12.3 Å². The molecule has 0 aliphatic rings. The Morgan fingerprint density at radius 2 is 0.905 bits per heavy atom. The van der Waals surface area contributed by atoms with Gasteiger partial charge in [-0.2, -0.15) is 0 Å². The van der Waals surface area contributed by atoms with Gasteiger partial charge in [0.2, 0.25) is 0 Å². The van der Waals surface area contributed by atoms with E-state index in [9.17, 15) is 0 Å². The topological polar surface area (TPSA) is 150 Å². The van der Waals surface area contributed by atoms with Crippen molar-refractivity contribution in [3.63, 3.8) is 0 Å². The van der Waals surface area contributed by atoms with Crippen LogP contribution in [-0.4, -0.2) is 52.7 Å². The lowest BCUT2D eigenvalue weighted by Gasteiger charge is -2.04. The van der Waals surface area contributed by atoms with Crippen molar-refractivity contribution in [2.75, 3.05) is 52.7 Å². The molecule has 0 aliphatic heterocycles. The highest BCUT2D eigenvalue weighted by Crippen LogP contribution is 1.92. The van der Waals surface area contributed by atoms with Crippen molar-refractivity contribution in [2.24, 2.45) is 11.5 Å². The Morgan fingerprint density at radius 3 is 1.14 bits per heavy atom. The highest BCUT2D eigenvalue weighted by molar-refractivity contribution is 4.41. The van der Waals surface area contributed by atoms with Crippen molar-refractivity contribution in [3.05, 3.63) is 0 Å². The smallest absolute Gasteiger partial charge is 0.0478 e. The minimum atomic E-state index is 0. The zero-order valence-electron chi connectivity index (χ0n) is 14.3. The average Bonchev–Trinajstić information content (AvgIpc) is 2.43. The van der Waals surface area contributed by atoms with Crippen molar-refractivity contribution >= 4 is 0 Å². The van der Waals surface area contributed by atoms with Gasteiger partial charge in [-0.1, -0.05) is 0 Å². The molecule has 0 rings (SSSR count). The molecule has 0 spiro atoms. The van der Waals surface area contributed by atoms with Crippen molar-refractivity contribution in [2.45, 2.75) is 39.5 Å². The van der Waals surface area contributed by atoms with Crippen LogP contribution >= 0.6 is 0 Å². The number of hydrogen-bond donors (Lipinski definition) is 4. The zero-order chi connectivity index (χ0) is 14.6. The summed E-state index contributed by atoms with van der Waals surface area (Å²) in [6.45, 7) is 10.3. The van der Waals surface area contributed by atoms with Crippen LogP contribution in [0.5, 0.6) is 0 Å². The summed E-state index contributed by atoms with van der Waals surface area (Å²) in [6.07, 6.45) is 4.03. The lowest BCUT2D eigenvalue weighted by atomic mass is 10.3. The van der Waals surface area contributed by atoms with Crippen LogP contribution in [0.15, 0.2) is 0 Å². The van der Waals surface area contributed by atoms with E-state index in [4.69, 9.17) is 25.7 Å². The quantitative estimate of drug-likeness (QED) is 0.379. The first-order valence-corrected chi connectivity index (χ1v) is 7.46. The van der Waals surface area contributed by atoms with E-state index in [0.717, 1.165) is 65.3 Å². The number of hydrogen-bond acceptors (Lipinski definition) is 7. The van der Waals surface area contributed by atoms with Crippen LogP contribution in [0.3, 0.4) is 0 Å². The van der Waals surface area contributed by atoms with Gasteiger partial charge in [0.05, 0.1) is 0 Å². The van der Waals surface area contributed by atoms with Crippen LogP contribution < -0.4 is 23.8 Å². The molecular weight excluding hydrogens is 272 g/mol. The Kier molecular flexibility index (Phi) is 43.8. The third-order valence-electron chi connectivity index (χ3n) is 2.22. The molecule has 0 aromatic heterocycles. The van der Waals surface area contributed by atoms with Gasteiger partial charge in [0.15, 0.2) is 0 Å². The second-order valence-corrected chi connectivity index (χ2v) is 4.00. The van der Waals surface area contributed by atoms with Crippen LogP contribution in [0, 0.1) is 0 Å². The van der Waals surface area contributed by atoms with Gasteiger partial charge in [-0.05, 0) is 52.6 Å². The summed E-state index contributed by atoms with van der Waals surface area (Å²) in [5, 5.41) is 0. The second kappa shape index (κ2) is 31.9. The van der Waals surface area contributed by atoms with E-state index < -0.39 is 0 Å². The van der Waals surface area contributed by atoms with E-state index in [1.54, 1.807) is 0 Å². The molecule has 0 heterocycles. The molecule has 21 heavy (non-hydrogen) atoms. The van der Waals surface area contributed by atoms with Crippen LogP contribution in [-0.2, 0) is 14.2 Å². The third-order valence-corrected chi connectivity index (χ3v) is 2.22. The normalized spacial score (nSPS) is 9.14. The predicted molar refractivity (Wildman–Crippen MR) is 90.4 cm³/mol. The Hall–Kier alpha value is -0.280. The maximum Gasteiger partial charge on any atom is 0.0478 e. The Labute approximate surface area is 131 Å². The summed E-state index contributed by atoms with van der Waals surface area (Å²) < 4.78 is 15.5. The van der Waals surface area contributed by atoms with Crippen LogP contribution in [0.2, 0.25) is 0 Å². The summed E-state index contributed by atoms with van der Waals surface area (Å²) >= 11 is 0. The summed E-state index contributed by atoms with van der Waals surface area (Å²) in [7, 11) is 0. The molecular formula is C14H40N4O3. The first kappa shape index (κ1) is 28.8. The fourth-order valence-electron chi connectivity index (χ4n) is 1.19. The first-order valence-electron chi connectivity index (χ1n) is 7.46. The van der Waals surface area contributed by atoms with E-state index in [1.807, 2.05) is 13.8 Å². The highest BCUT2D eigenvalue weighted by atomic mass is 16.5. The maximum absolute atomic E-state index is 5.35. The molecule has 0 aliphatic carbocycles. The molecule has 0 unspecified atom stereocenters. The Morgan fingerprint density at radius 1 is 0.571 bits per heavy atom. The van der Waals surface area contributed by atoms with Gasteiger partial charge in [0.25, 0.3) is 0 Å². The van der Waals surface area contributed by atoms with Gasteiger partial charge in [-0.15, -0.1) is 0 Å². The first-order chi connectivity index (χ1) is 9.33. The number of nitrogens with two attached hydrogens (primary N) is 2. The van der Waals surface area contributed by atoms with E-state index in [0.29, 0.717) is 13.1 Å². The van der Waals surface area contributed by atoms with Crippen LogP contribution in [0.25, 0.3) is 0 Å². The molecule has 0 saturated carbocycles. The molecule has 0 fully saturated rings. The molecule has 0 amide bonds. The lowest BCUT2D eigenvalue weighted by Crippen LogP contribution is -2.07. The molecule has 0 atom stereocenters. The average molecular weight is 312 g/mol. The zero-order valence-corrected chi connectivity index (χ0v) is 14.3. The SMILES string of the molecule is CCOCC.N.N.NCCCOCCCCOCCCN. The standard InChI is InChI=1S/C10H24N2O2.C4H10O.2H3N/c11-5-3-9-13-7-1-2-8-14-10-4-6-12;1-3-5-4-2;;/h1-12H2;3-4H2,1-2H3;2*1H3. The maximum atomic E-state index is 5.35. The molecule has 0 bridgehead atoms. The third kappa shape index (κ3) is 38.3. The monoisotopic (exact) mass is 312 g/mol. The molecule has 7 heteroatoms. The lowest BCUT2D eigenvalue weighted by molar-refractivity contribution is 0.102. The van der Waals surface area contributed by atoms with E-state index in [2.05, 4.69) is 0 Å². The molecule has 134 valence electrons. The summed E-state index contributed by atoms with van der Waals surface area (Å²) in [5.74, 6) is 0. The number of unbranched alkanes of at least 4 members (excludes halogenated alkanes) is 1. The van der Waals surface area contributed by atoms with Gasteiger partial charge in [-0.3, -0.25) is 0 Å². The number of ether oxygens (including phenoxy) is 3. The molecule has 0 saturated heterocycles. The van der Waals surface area contributed by atoms with Crippen molar-refractivity contribution in [1.29, 1.82) is 0 Å². The Balaban J connectivity index is -0.000000179. The predicted octanol–water partition coefficient (Wildman–Crippen LogP) is 1.86. The number of rotatable bonds is 13.